The zero-order valence-electron chi connectivity index (χ0n) is 13.6. The minimum Gasteiger partial charge on any atom is -0.379 e. The zero-order valence-corrected chi connectivity index (χ0v) is 14.4. The Hall–Kier alpha value is -1.43. The van der Waals surface area contributed by atoms with Crippen LogP contribution in [-0.2, 0) is 22.6 Å². The Kier molecular flexibility index (Phi) is 6.02. The first-order valence-corrected chi connectivity index (χ1v) is 9.11. The molecule has 23 heavy (non-hydrogen) atoms. The highest BCUT2D eigenvalue weighted by Crippen LogP contribution is 2.16. The molecule has 0 spiro atoms. The Bertz CT molecular complexity index is 609. The first-order chi connectivity index (χ1) is 11.3. The van der Waals surface area contributed by atoms with Crippen LogP contribution in [0.25, 0.3) is 0 Å². The Morgan fingerprint density at radius 2 is 2.35 bits per heavy atom. The van der Waals surface area contributed by atoms with Gasteiger partial charge in [0.25, 0.3) is 0 Å². The molecule has 0 saturated carbocycles. The second-order valence-electron chi connectivity index (χ2n) is 5.94. The maximum atomic E-state index is 5.82. The Morgan fingerprint density at radius 1 is 1.39 bits per heavy atom. The lowest BCUT2D eigenvalue weighted by molar-refractivity contribution is -0.0447. The third-order valence-corrected chi connectivity index (χ3v) is 4.85. The number of aryl methyl sites for hydroxylation is 1. The van der Waals surface area contributed by atoms with Gasteiger partial charge in [0.15, 0.2) is 0 Å². The molecule has 2 aromatic rings. The summed E-state index contributed by atoms with van der Waals surface area (Å²) in [5, 5.41) is 6.61. The molecular formula is C18H24N2O2S. The van der Waals surface area contributed by atoms with Gasteiger partial charge in [-0.1, -0.05) is 12.1 Å². The Balaban J connectivity index is 1.44. The SMILES string of the molecule is Cc1csc(CNc2cccc(COC[C@@H]3CCCCO3)c2)n1. The molecule has 1 aliphatic rings. The van der Waals surface area contributed by atoms with E-state index in [0.717, 1.165) is 36.0 Å². The maximum absolute atomic E-state index is 5.82. The highest BCUT2D eigenvalue weighted by Gasteiger charge is 2.13. The number of hydrogen-bond acceptors (Lipinski definition) is 5. The van der Waals surface area contributed by atoms with Gasteiger partial charge < -0.3 is 14.8 Å². The first kappa shape index (κ1) is 16.4. The van der Waals surface area contributed by atoms with Crippen LogP contribution in [0.4, 0.5) is 5.69 Å². The van der Waals surface area contributed by atoms with Gasteiger partial charge in [-0.15, -0.1) is 11.3 Å². The molecular weight excluding hydrogens is 308 g/mol. The van der Waals surface area contributed by atoms with E-state index in [1.54, 1.807) is 11.3 Å². The predicted octanol–water partition coefficient (Wildman–Crippen LogP) is 4.15. The van der Waals surface area contributed by atoms with Crippen molar-refractivity contribution in [1.82, 2.24) is 4.98 Å². The molecule has 124 valence electrons. The van der Waals surface area contributed by atoms with Crippen LogP contribution in [0.5, 0.6) is 0 Å². The van der Waals surface area contributed by atoms with Crippen LogP contribution in [-0.4, -0.2) is 24.3 Å². The van der Waals surface area contributed by atoms with Crippen LogP contribution >= 0.6 is 11.3 Å². The maximum Gasteiger partial charge on any atom is 0.112 e. The first-order valence-electron chi connectivity index (χ1n) is 8.23. The molecule has 5 heteroatoms. The Labute approximate surface area is 141 Å². The fourth-order valence-corrected chi connectivity index (χ4v) is 3.39. The monoisotopic (exact) mass is 332 g/mol. The summed E-state index contributed by atoms with van der Waals surface area (Å²) in [6.45, 7) is 4.98. The van der Waals surface area contributed by atoms with Crippen LogP contribution in [0.3, 0.4) is 0 Å². The van der Waals surface area contributed by atoms with Crippen LogP contribution in [0.15, 0.2) is 29.6 Å². The molecule has 0 aliphatic carbocycles. The molecule has 0 unspecified atom stereocenters. The van der Waals surface area contributed by atoms with Gasteiger partial charge in [0.05, 0.1) is 25.9 Å². The molecule has 2 heterocycles. The van der Waals surface area contributed by atoms with Crippen LogP contribution in [0.1, 0.15) is 35.5 Å². The summed E-state index contributed by atoms with van der Waals surface area (Å²) >= 11 is 1.69. The zero-order chi connectivity index (χ0) is 15.9. The summed E-state index contributed by atoms with van der Waals surface area (Å²) in [6.07, 6.45) is 3.83. The lowest BCUT2D eigenvalue weighted by Gasteiger charge is -2.22. The second-order valence-corrected chi connectivity index (χ2v) is 6.88. The number of hydrogen-bond donors (Lipinski definition) is 1. The molecule has 1 aromatic carbocycles. The molecule has 1 aliphatic heterocycles. The Morgan fingerprint density at radius 3 is 3.13 bits per heavy atom. The number of benzene rings is 1. The quantitative estimate of drug-likeness (QED) is 0.827. The third-order valence-electron chi connectivity index (χ3n) is 3.88. The van der Waals surface area contributed by atoms with Crippen molar-refractivity contribution in [3.63, 3.8) is 0 Å². The minimum atomic E-state index is 0.276. The number of anilines is 1. The summed E-state index contributed by atoms with van der Waals surface area (Å²) in [5.74, 6) is 0. The third kappa shape index (κ3) is 5.30. The molecule has 1 saturated heterocycles. The normalized spacial score (nSPS) is 18.0. The lowest BCUT2D eigenvalue weighted by Crippen LogP contribution is -2.24. The van der Waals surface area contributed by atoms with E-state index in [4.69, 9.17) is 9.47 Å². The number of rotatable bonds is 7. The topological polar surface area (TPSA) is 43.4 Å². The van der Waals surface area contributed by atoms with E-state index < -0.39 is 0 Å². The molecule has 1 atom stereocenters. The van der Waals surface area contributed by atoms with Crippen molar-refractivity contribution < 1.29 is 9.47 Å². The van der Waals surface area contributed by atoms with Crippen molar-refractivity contribution in [1.29, 1.82) is 0 Å². The van der Waals surface area contributed by atoms with Gasteiger partial charge in [0.2, 0.25) is 0 Å². The van der Waals surface area contributed by atoms with E-state index in [9.17, 15) is 0 Å². The smallest absolute Gasteiger partial charge is 0.112 e. The van der Waals surface area contributed by atoms with Crippen molar-refractivity contribution in [3.05, 3.63) is 45.9 Å². The van der Waals surface area contributed by atoms with E-state index in [1.165, 1.54) is 18.4 Å². The summed E-state index contributed by atoms with van der Waals surface area (Å²) < 4.78 is 11.5. The summed E-state index contributed by atoms with van der Waals surface area (Å²) in [6, 6.07) is 8.38. The molecule has 3 rings (SSSR count). The van der Waals surface area contributed by atoms with Gasteiger partial charge in [0, 0.05) is 23.4 Å². The summed E-state index contributed by atoms with van der Waals surface area (Å²) in [5.41, 5.74) is 3.37. The molecule has 1 fully saturated rings. The number of thiazole rings is 1. The number of ether oxygens (including phenoxy) is 2. The summed E-state index contributed by atoms with van der Waals surface area (Å²) in [4.78, 5) is 4.47. The van der Waals surface area contributed by atoms with Crippen molar-refractivity contribution in [3.8, 4) is 0 Å². The van der Waals surface area contributed by atoms with E-state index in [1.807, 2.05) is 6.92 Å². The van der Waals surface area contributed by atoms with Crippen LogP contribution in [0.2, 0.25) is 0 Å². The van der Waals surface area contributed by atoms with E-state index in [2.05, 4.69) is 39.9 Å². The van der Waals surface area contributed by atoms with E-state index in [-0.39, 0.29) is 6.10 Å². The summed E-state index contributed by atoms with van der Waals surface area (Å²) in [7, 11) is 0. The van der Waals surface area contributed by atoms with Crippen LogP contribution in [0, 0.1) is 6.92 Å². The average Bonchev–Trinajstić information content (AvgIpc) is 3.00. The molecule has 0 bridgehead atoms. The highest BCUT2D eigenvalue weighted by atomic mass is 32.1. The fourth-order valence-electron chi connectivity index (χ4n) is 2.68. The molecule has 0 amide bonds. The standard InChI is InChI=1S/C18H24N2O2S/c1-14-13-23-18(20-14)10-19-16-6-4-5-15(9-16)11-21-12-17-7-2-3-8-22-17/h4-6,9,13,17,19H,2-3,7-8,10-12H2,1H3/t17-/m0/s1. The van der Waals surface area contributed by atoms with Gasteiger partial charge in [-0.05, 0) is 43.9 Å². The fraction of sp³-hybridized carbons (Fsp3) is 0.500. The molecule has 4 nitrogen and oxygen atoms in total. The van der Waals surface area contributed by atoms with Crippen LogP contribution < -0.4 is 5.32 Å². The highest BCUT2D eigenvalue weighted by molar-refractivity contribution is 7.09. The van der Waals surface area contributed by atoms with Gasteiger partial charge in [-0.25, -0.2) is 4.98 Å². The molecule has 1 aromatic heterocycles. The molecule has 0 radical (unpaired) electrons. The van der Waals surface area contributed by atoms with Crippen molar-refractivity contribution >= 4 is 17.0 Å². The van der Waals surface area contributed by atoms with Gasteiger partial charge in [-0.3, -0.25) is 0 Å². The lowest BCUT2D eigenvalue weighted by atomic mass is 10.1. The van der Waals surface area contributed by atoms with Crippen molar-refractivity contribution in [2.75, 3.05) is 18.5 Å². The van der Waals surface area contributed by atoms with E-state index in [0.29, 0.717) is 13.2 Å². The second kappa shape index (κ2) is 8.43. The van der Waals surface area contributed by atoms with Gasteiger partial charge >= 0.3 is 0 Å². The molecule has 1 N–H and O–H groups in total. The average molecular weight is 332 g/mol. The largest absolute Gasteiger partial charge is 0.379 e. The van der Waals surface area contributed by atoms with Crippen molar-refractivity contribution in [2.45, 2.75) is 45.4 Å². The number of nitrogens with zero attached hydrogens (tertiary/aromatic N) is 1. The van der Waals surface area contributed by atoms with Gasteiger partial charge in [0.1, 0.15) is 5.01 Å². The van der Waals surface area contributed by atoms with Gasteiger partial charge in [-0.2, -0.15) is 0 Å². The minimum absolute atomic E-state index is 0.276. The predicted molar refractivity (Wildman–Crippen MR) is 93.9 cm³/mol. The van der Waals surface area contributed by atoms with E-state index >= 15 is 0 Å². The van der Waals surface area contributed by atoms with Crippen molar-refractivity contribution in [2.24, 2.45) is 0 Å². The number of nitrogens with one attached hydrogen (secondary N) is 1. The number of aromatic nitrogens is 1.